The summed E-state index contributed by atoms with van der Waals surface area (Å²) in [6, 6.07) is 8.68. The second kappa shape index (κ2) is 8.55. The van der Waals surface area contributed by atoms with Crippen molar-refractivity contribution >= 4 is 5.91 Å². The number of nitrogens with one attached hydrogen (secondary N) is 2. The molecule has 1 saturated heterocycles. The SMILES string of the molecule is O=C(NCCCc1ccco1)[C@H]1[C@H]2C[C@H](CN(Cc3ncc[nH]3)C2)c2cccc(=O)n21. The van der Waals surface area contributed by atoms with Crippen LogP contribution in [0.1, 0.15) is 42.1 Å². The van der Waals surface area contributed by atoms with E-state index < -0.39 is 6.04 Å². The molecule has 1 amide bonds. The Morgan fingerprint density at radius 2 is 2.19 bits per heavy atom. The monoisotopic (exact) mass is 421 g/mol. The lowest BCUT2D eigenvalue weighted by atomic mass is 9.78. The number of aryl methyl sites for hydroxylation is 1. The maximum absolute atomic E-state index is 13.3. The van der Waals surface area contributed by atoms with Gasteiger partial charge in [-0.05, 0) is 31.0 Å². The third kappa shape index (κ3) is 4.07. The smallest absolute Gasteiger partial charge is 0.251 e. The molecule has 2 aliphatic rings. The molecular weight excluding hydrogens is 394 g/mol. The summed E-state index contributed by atoms with van der Waals surface area (Å²) in [6.45, 7) is 2.90. The Hall–Kier alpha value is -3.13. The highest BCUT2D eigenvalue weighted by atomic mass is 16.3. The van der Waals surface area contributed by atoms with Crippen LogP contribution in [0.15, 0.2) is 58.2 Å². The van der Waals surface area contributed by atoms with E-state index in [1.165, 1.54) is 0 Å². The fourth-order valence-electron chi connectivity index (χ4n) is 5.12. The summed E-state index contributed by atoms with van der Waals surface area (Å²) in [5.74, 6) is 2.09. The van der Waals surface area contributed by atoms with Crippen molar-refractivity contribution in [3.63, 3.8) is 0 Å². The second-order valence-electron chi connectivity index (χ2n) is 8.50. The van der Waals surface area contributed by atoms with Gasteiger partial charge in [0.25, 0.3) is 5.56 Å². The van der Waals surface area contributed by atoms with E-state index in [9.17, 15) is 9.59 Å². The van der Waals surface area contributed by atoms with E-state index >= 15 is 0 Å². The summed E-state index contributed by atoms with van der Waals surface area (Å²) < 4.78 is 7.10. The van der Waals surface area contributed by atoms with Gasteiger partial charge in [-0.15, -0.1) is 0 Å². The van der Waals surface area contributed by atoms with Gasteiger partial charge in [0.1, 0.15) is 17.6 Å². The molecule has 5 rings (SSSR count). The number of fused-ring (bicyclic) bond motifs is 4. The van der Waals surface area contributed by atoms with Gasteiger partial charge in [-0.1, -0.05) is 6.07 Å². The Labute approximate surface area is 180 Å². The van der Waals surface area contributed by atoms with E-state index in [0.717, 1.165) is 49.6 Å². The van der Waals surface area contributed by atoms with E-state index in [1.807, 2.05) is 24.4 Å². The van der Waals surface area contributed by atoms with E-state index in [1.54, 1.807) is 29.2 Å². The van der Waals surface area contributed by atoms with Crippen LogP contribution in [0.25, 0.3) is 0 Å². The minimum Gasteiger partial charge on any atom is -0.469 e. The first-order valence-corrected chi connectivity index (χ1v) is 10.9. The normalized spacial score (nSPS) is 22.8. The molecule has 0 aromatic carbocycles. The number of aromatic amines is 1. The molecule has 3 aromatic rings. The first kappa shape index (κ1) is 19.8. The molecule has 0 spiro atoms. The number of pyridine rings is 1. The summed E-state index contributed by atoms with van der Waals surface area (Å²) in [5, 5.41) is 3.07. The lowest BCUT2D eigenvalue weighted by Gasteiger charge is -2.46. The Morgan fingerprint density at radius 1 is 1.26 bits per heavy atom. The second-order valence-corrected chi connectivity index (χ2v) is 8.50. The Balaban J connectivity index is 1.33. The van der Waals surface area contributed by atoms with Crippen LogP contribution in [-0.4, -0.2) is 45.0 Å². The highest BCUT2D eigenvalue weighted by molar-refractivity contribution is 5.81. The zero-order chi connectivity index (χ0) is 21.2. The van der Waals surface area contributed by atoms with Crippen molar-refractivity contribution < 1.29 is 9.21 Å². The standard InChI is InChI=1S/C23H27N5O3/c29-21-7-1-6-19-16-12-17(14-27(13-16)15-20-24-9-10-25-20)22(28(19)21)23(30)26-8-2-4-18-5-3-11-31-18/h1,3,5-7,9-11,16-17,22H,2,4,8,12-15H2,(H,24,25)(H,26,30)/t16-,17+,22-/m1/s1. The number of likely N-dealkylation sites (tertiary alicyclic amines) is 1. The minimum absolute atomic E-state index is 0.0720. The highest BCUT2D eigenvalue weighted by Crippen LogP contribution is 2.41. The number of carbonyl (C=O) groups is 1. The van der Waals surface area contributed by atoms with Gasteiger partial charge in [0.05, 0.1) is 12.8 Å². The van der Waals surface area contributed by atoms with Crippen LogP contribution in [0.3, 0.4) is 0 Å². The fourth-order valence-corrected chi connectivity index (χ4v) is 5.12. The van der Waals surface area contributed by atoms with Crippen molar-refractivity contribution in [1.82, 2.24) is 24.8 Å². The molecular formula is C23H27N5O3. The quantitative estimate of drug-likeness (QED) is 0.570. The van der Waals surface area contributed by atoms with E-state index in [2.05, 4.69) is 20.2 Å². The van der Waals surface area contributed by atoms with Gasteiger partial charge in [-0.2, -0.15) is 0 Å². The van der Waals surface area contributed by atoms with Crippen LogP contribution < -0.4 is 10.9 Å². The molecule has 0 saturated carbocycles. The molecule has 8 heteroatoms. The van der Waals surface area contributed by atoms with Crippen molar-refractivity contribution in [3.05, 3.63) is 76.6 Å². The zero-order valence-electron chi connectivity index (χ0n) is 17.4. The highest BCUT2D eigenvalue weighted by Gasteiger charge is 2.43. The first-order valence-electron chi connectivity index (χ1n) is 10.9. The molecule has 8 nitrogen and oxygen atoms in total. The van der Waals surface area contributed by atoms with Gasteiger partial charge in [-0.3, -0.25) is 19.1 Å². The molecule has 3 aromatic heterocycles. The van der Waals surface area contributed by atoms with Crippen LogP contribution in [0.5, 0.6) is 0 Å². The van der Waals surface area contributed by atoms with Gasteiger partial charge in [-0.25, -0.2) is 4.98 Å². The molecule has 1 fully saturated rings. The van der Waals surface area contributed by atoms with Gasteiger partial charge in [0.15, 0.2) is 0 Å². The van der Waals surface area contributed by atoms with Crippen molar-refractivity contribution in [3.8, 4) is 0 Å². The zero-order valence-corrected chi connectivity index (χ0v) is 17.4. The molecule has 0 aliphatic carbocycles. The largest absolute Gasteiger partial charge is 0.469 e. The number of hydrogen-bond donors (Lipinski definition) is 2. The molecule has 5 heterocycles. The van der Waals surface area contributed by atoms with E-state index in [4.69, 9.17) is 4.42 Å². The molecule has 0 unspecified atom stereocenters. The lowest BCUT2D eigenvalue weighted by molar-refractivity contribution is -0.127. The summed E-state index contributed by atoms with van der Waals surface area (Å²) in [4.78, 5) is 35.9. The fraction of sp³-hybridized carbons (Fsp3) is 0.435. The third-order valence-corrected chi connectivity index (χ3v) is 6.40. The van der Waals surface area contributed by atoms with E-state index in [0.29, 0.717) is 13.1 Å². The maximum Gasteiger partial charge on any atom is 0.251 e. The number of piperidine rings is 1. The number of nitrogens with zero attached hydrogens (tertiary/aromatic N) is 3. The van der Waals surface area contributed by atoms with Gasteiger partial charge in [0, 0.05) is 62.0 Å². The summed E-state index contributed by atoms with van der Waals surface area (Å²) in [7, 11) is 0. The molecule has 0 radical (unpaired) electrons. The average Bonchev–Trinajstić information content (AvgIpc) is 3.46. The van der Waals surface area contributed by atoms with Crippen LogP contribution >= 0.6 is 0 Å². The lowest BCUT2D eigenvalue weighted by Crippen LogP contribution is -2.53. The number of rotatable bonds is 7. The van der Waals surface area contributed by atoms with Gasteiger partial charge >= 0.3 is 0 Å². The van der Waals surface area contributed by atoms with E-state index in [-0.39, 0.29) is 23.3 Å². The number of hydrogen-bond acceptors (Lipinski definition) is 5. The van der Waals surface area contributed by atoms with Crippen molar-refractivity contribution in [1.29, 1.82) is 0 Å². The number of imidazole rings is 1. The van der Waals surface area contributed by atoms with Crippen molar-refractivity contribution in [2.45, 2.75) is 37.8 Å². The Kier molecular flexibility index (Phi) is 5.46. The molecule has 2 bridgehead atoms. The van der Waals surface area contributed by atoms with Crippen LogP contribution in [0, 0.1) is 5.92 Å². The molecule has 31 heavy (non-hydrogen) atoms. The predicted molar refractivity (Wildman–Crippen MR) is 114 cm³/mol. The molecule has 162 valence electrons. The summed E-state index contributed by atoms with van der Waals surface area (Å²) in [6.07, 6.45) is 7.73. The van der Waals surface area contributed by atoms with Gasteiger partial charge < -0.3 is 14.7 Å². The first-order chi connectivity index (χ1) is 15.2. The maximum atomic E-state index is 13.3. The number of H-pyrrole nitrogens is 1. The Bertz CT molecular complexity index is 1070. The third-order valence-electron chi connectivity index (χ3n) is 6.40. The van der Waals surface area contributed by atoms with Crippen molar-refractivity contribution in [2.24, 2.45) is 5.92 Å². The number of amides is 1. The molecule has 3 atom stereocenters. The topological polar surface area (TPSA) is 96.2 Å². The molecule has 2 N–H and O–H groups in total. The number of furan rings is 1. The Morgan fingerprint density at radius 3 is 3.00 bits per heavy atom. The number of carbonyl (C=O) groups excluding carboxylic acids is 1. The summed E-state index contributed by atoms with van der Waals surface area (Å²) in [5.41, 5.74) is 0.867. The van der Waals surface area contributed by atoms with Gasteiger partial charge in [0.2, 0.25) is 5.91 Å². The predicted octanol–water partition coefficient (Wildman–Crippen LogP) is 2.07. The average molecular weight is 422 g/mol. The number of aromatic nitrogens is 3. The van der Waals surface area contributed by atoms with Crippen LogP contribution in [0.4, 0.5) is 0 Å². The van der Waals surface area contributed by atoms with Crippen molar-refractivity contribution in [2.75, 3.05) is 19.6 Å². The van der Waals surface area contributed by atoms with Crippen LogP contribution in [-0.2, 0) is 17.8 Å². The molecule has 2 aliphatic heterocycles. The van der Waals surface area contributed by atoms with Crippen LogP contribution in [0.2, 0.25) is 0 Å². The summed E-state index contributed by atoms with van der Waals surface area (Å²) >= 11 is 0. The minimum atomic E-state index is -0.483.